The molecule has 4 heteroatoms. The van der Waals surface area contributed by atoms with Gasteiger partial charge in [0.05, 0.1) is 0 Å². The van der Waals surface area contributed by atoms with Crippen LogP contribution < -0.4 is 5.32 Å². The lowest BCUT2D eigenvalue weighted by atomic mass is 10.0. The molecule has 0 aliphatic heterocycles. The quantitative estimate of drug-likeness (QED) is 0.723. The van der Waals surface area contributed by atoms with Crippen molar-refractivity contribution in [3.8, 4) is 0 Å². The van der Waals surface area contributed by atoms with Gasteiger partial charge in [-0.1, -0.05) is 20.3 Å². The van der Waals surface area contributed by atoms with E-state index in [9.17, 15) is 4.79 Å². The van der Waals surface area contributed by atoms with Crippen molar-refractivity contribution in [2.75, 3.05) is 20.1 Å². The minimum Gasteiger partial charge on any atom is -0.444 e. The highest BCUT2D eigenvalue weighted by Crippen LogP contribution is 2.09. The van der Waals surface area contributed by atoms with Crippen molar-refractivity contribution in [3.05, 3.63) is 0 Å². The molecule has 0 aliphatic rings. The Morgan fingerprint density at radius 2 is 1.89 bits per heavy atom. The highest BCUT2D eigenvalue weighted by atomic mass is 16.6. The van der Waals surface area contributed by atoms with Crippen molar-refractivity contribution in [1.82, 2.24) is 10.2 Å². The number of nitrogens with zero attached hydrogens (tertiary/aromatic N) is 1. The summed E-state index contributed by atoms with van der Waals surface area (Å²) >= 11 is 0. The minimum absolute atomic E-state index is 0.248. The molecule has 1 amide bonds. The second kappa shape index (κ2) is 8.41. The van der Waals surface area contributed by atoms with Gasteiger partial charge in [0.1, 0.15) is 5.60 Å². The van der Waals surface area contributed by atoms with E-state index in [2.05, 4.69) is 26.1 Å². The van der Waals surface area contributed by atoms with Gasteiger partial charge in [-0.15, -0.1) is 0 Å². The zero-order chi connectivity index (χ0) is 15.1. The number of carbonyl (C=O) groups is 1. The molecule has 0 aromatic rings. The number of rotatable bonds is 7. The van der Waals surface area contributed by atoms with E-state index in [1.165, 1.54) is 6.42 Å². The summed E-state index contributed by atoms with van der Waals surface area (Å²) in [7, 11) is 1.78. The van der Waals surface area contributed by atoms with Crippen LogP contribution in [0.3, 0.4) is 0 Å². The summed E-state index contributed by atoms with van der Waals surface area (Å²) in [6, 6.07) is 0.525. The van der Waals surface area contributed by atoms with Crippen LogP contribution in [0.5, 0.6) is 0 Å². The lowest BCUT2D eigenvalue weighted by Gasteiger charge is -2.25. The Hall–Kier alpha value is -0.770. The van der Waals surface area contributed by atoms with Crippen molar-refractivity contribution in [2.24, 2.45) is 5.92 Å². The third kappa shape index (κ3) is 8.87. The van der Waals surface area contributed by atoms with Crippen LogP contribution in [0.15, 0.2) is 0 Å². The average Bonchev–Trinajstić information content (AvgIpc) is 2.30. The summed E-state index contributed by atoms with van der Waals surface area (Å²) in [5.74, 6) is 0.684. The standard InChI is InChI=1S/C15H32N2O2/c1-8-12(2)13(3)16-10-9-11-17(7)14(18)19-15(4,5)6/h12-13,16H,8-11H2,1-7H3. The third-order valence-corrected chi connectivity index (χ3v) is 3.34. The lowest BCUT2D eigenvalue weighted by molar-refractivity contribution is 0.0297. The Labute approximate surface area is 118 Å². The third-order valence-electron chi connectivity index (χ3n) is 3.34. The van der Waals surface area contributed by atoms with Gasteiger partial charge in [0.25, 0.3) is 0 Å². The predicted molar refractivity (Wildman–Crippen MR) is 80.4 cm³/mol. The first-order valence-corrected chi connectivity index (χ1v) is 7.35. The molecule has 0 heterocycles. The molecule has 0 aromatic heterocycles. The molecular weight excluding hydrogens is 240 g/mol. The average molecular weight is 272 g/mol. The lowest BCUT2D eigenvalue weighted by Crippen LogP contribution is -2.37. The van der Waals surface area contributed by atoms with E-state index in [4.69, 9.17) is 4.74 Å². The number of amides is 1. The van der Waals surface area contributed by atoms with Crippen LogP contribution in [0.2, 0.25) is 0 Å². The van der Waals surface area contributed by atoms with Gasteiger partial charge in [-0.05, 0) is 46.6 Å². The monoisotopic (exact) mass is 272 g/mol. The van der Waals surface area contributed by atoms with Crippen LogP contribution in [-0.2, 0) is 4.74 Å². The molecule has 4 nitrogen and oxygen atoms in total. The number of hydrogen-bond acceptors (Lipinski definition) is 3. The van der Waals surface area contributed by atoms with Gasteiger partial charge in [0, 0.05) is 19.6 Å². The molecule has 0 radical (unpaired) electrons. The zero-order valence-corrected chi connectivity index (χ0v) is 13.7. The summed E-state index contributed by atoms with van der Waals surface area (Å²) in [5.41, 5.74) is -0.422. The summed E-state index contributed by atoms with van der Waals surface area (Å²) < 4.78 is 5.30. The van der Waals surface area contributed by atoms with Crippen molar-refractivity contribution < 1.29 is 9.53 Å². The Morgan fingerprint density at radius 1 is 1.32 bits per heavy atom. The van der Waals surface area contributed by atoms with Gasteiger partial charge < -0.3 is 15.0 Å². The van der Waals surface area contributed by atoms with Crippen molar-refractivity contribution in [2.45, 2.75) is 66.0 Å². The van der Waals surface area contributed by atoms with Crippen LogP contribution in [0.25, 0.3) is 0 Å². The van der Waals surface area contributed by atoms with Crippen LogP contribution in [0.1, 0.15) is 54.4 Å². The highest BCUT2D eigenvalue weighted by molar-refractivity contribution is 5.67. The van der Waals surface area contributed by atoms with Gasteiger partial charge in [0.15, 0.2) is 0 Å². The molecule has 0 bridgehead atoms. The fourth-order valence-corrected chi connectivity index (χ4v) is 1.63. The molecule has 114 valence electrons. The second-order valence-corrected chi connectivity index (χ2v) is 6.38. The molecule has 0 aromatic carbocycles. The molecule has 0 fully saturated rings. The number of nitrogens with one attached hydrogen (secondary N) is 1. The molecule has 2 atom stereocenters. The van der Waals surface area contributed by atoms with Crippen LogP contribution in [0, 0.1) is 5.92 Å². The first-order chi connectivity index (χ1) is 8.67. The molecule has 0 spiro atoms. The summed E-state index contributed by atoms with van der Waals surface area (Å²) in [5, 5.41) is 3.50. The smallest absolute Gasteiger partial charge is 0.410 e. The van der Waals surface area contributed by atoms with Crippen LogP contribution in [0.4, 0.5) is 4.79 Å². The maximum absolute atomic E-state index is 11.7. The van der Waals surface area contributed by atoms with E-state index in [1.807, 2.05) is 20.8 Å². The minimum atomic E-state index is -0.422. The highest BCUT2D eigenvalue weighted by Gasteiger charge is 2.19. The van der Waals surface area contributed by atoms with Crippen LogP contribution in [-0.4, -0.2) is 42.8 Å². The van der Waals surface area contributed by atoms with Gasteiger partial charge in [-0.3, -0.25) is 0 Å². The largest absolute Gasteiger partial charge is 0.444 e. The summed E-state index contributed by atoms with van der Waals surface area (Å²) in [6.45, 7) is 14.0. The molecular formula is C15H32N2O2. The molecule has 19 heavy (non-hydrogen) atoms. The number of hydrogen-bond donors (Lipinski definition) is 1. The van der Waals surface area contributed by atoms with Crippen molar-refractivity contribution >= 4 is 6.09 Å². The van der Waals surface area contributed by atoms with E-state index < -0.39 is 5.60 Å². The van der Waals surface area contributed by atoms with Crippen molar-refractivity contribution in [3.63, 3.8) is 0 Å². The molecule has 0 aliphatic carbocycles. The second-order valence-electron chi connectivity index (χ2n) is 6.38. The Bertz CT molecular complexity index is 261. The predicted octanol–water partition coefficient (Wildman–Crippen LogP) is 3.27. The molecule has 0 saturated carbocycles. The molecule has 0 saturated heterocycles. The van der Waals surface area contributed by atoms with Gasteiger partial charge in [-0.2, -0.15) is 0 Å². The van der Waals surface area contributed by atoms with Crippen LogP contribution >= 0.6 is 0 Å². The molecule has 2 unspecified atom stereocenters. The van der Waals surface area contributed by atoms with Gasteiger partial charge >= 0.3 is 6.09 Å². The summed E-state index contributed by atoms with van der Waals surface area (Å²) in [4.78, 5) is 13.4. The van der Waals surface area contributed by atoms with E-state index in [-0.39, 0.29) is 6.09 Å². The van der Waals surface area contributed by atoms with Gasteiger partial charge in [0.2, 0.25) is 0 Å². The first kappa shape index (κ1) is 18.2. The Morgan fingerprint density at radius 3 is 2.37 bits per heavy atom. The maximum Gasteiger partial charge on any atom is 0.410 e. The number of ether oxygens (including phenoxy) is 1. The normalized spacial score (nSPS) is 14.9. The van der Waals surface area contributed by atoms with E-state index in [0.717, 1.165) is 19.5 Å². The van der Waals surface area contributed by atoms with Crippen molar-refractivity contribution in [1.29, 1.82) is 0 Å². The maximum atomic E-state index is 11.7. The fraction of sp³-hybridized carbons (Fsp3) is 0.933. The van der Waals surface area contributed by atoms with E-state index in [0.29, 0.717) is 12.0 Å². The summed E-state index contributed by atoms with van der Waals surface area (Å²) in [6.07, 6.45) is 1.88. The Kier molecular flexibility index (Phi) is 8.07. The fourth-order valence-electron chi connectivity index (χ4n) is 1.63. The van der Waals surface area contributed by atoms with Gasteiger partial charge in [-0.25, -0.2) is 4.79 Å². The first-order valence-electron chi connectivity index (χ1n) is 7.35. The topological polar surface area (TPSA) is 41.6 Å². The van der Waals surface area contributed by atoms with E-state index >= 15 is 0 Å². The van der Waals surface area contributed by atoms with E-state index in [1.54, 1.807) is 11.9 Å². The zero-order valence-electron chi connectivity index (χ0n) is 13.7. The molecule has 0 rings (SSSR count). The SMILES string of the molecule is CCC(C)C(C)NCCCN(C)C(=O)OC(C)(C)C. The molecule has 1 N–H and O–H groups in total. The number of carbonyl (C=O) groups excluding carboxylic acids is 1. The Balaban J connectivity index is 3.80.